The molecule has 0 amide bonds. The minimum absolute atomic E-state index is 0.110. The first kappa shape index (κ1) is 9.75. The van der Waals surface area contributed by atoms with E-state index in [4.69, 9.17) is 0 Å². The summed E-state index contributed by atoms with van der Waals surface area (Å²) < 4.78 is 38.0. The third-order valence-electron chi connectivity index (χ3n) is 1.26. The molecular formula is C6H11F3O. The fourth-order valence-corrected chi connectivity index (χ4v) is 0.347. The minimum Gasteiger partial charge on any atom is -0.289 e. The Balaban J connectivity index is 3.68. The van der Waals surface area contributed by atoms with Crippen LogP contribution in [-0.4, -0.2) is 12.5 Å². The van der Waals surface area contributed by atoms with Gasteiger partial charge in [-0.15, -0.1) is 13.2 Å². The molecular weight excluding hydrogens is 145 g/mol. The molecule has 0 saturated carbocycles. The van der Waals surface area contributed by atoms with E-state index in [2.05, 4.69) is 4.74 Å². The average Bonchev–Trinajstić information content (AvgIpc) is 1.60. The van der Waals surface area contributed by atoms with E-state index in [1.807, 2.05) is 0 Å². The Morgan fingerprint density at radius 1 is 1.10 bits per heavy atom. The van der Waals surface area contributed by atoms with Gasteiger partial charge in [-0.2, -0.15) is 0 Å². The van der Waals surface area contributed by atoms with Crippen molar-refractivity contribution in [2.45, 2.75) is 33.2 Å². The Labute approximate surface area is 58.2 Å². The average molecular weight is 156 g/mol. The molecule has 1 nitrogen and oxygen atoms in total. The molecule has 10 heavy (non-hydrogen) atoms. The number of ether oxygens (including phenoxy) is 1. The molecule has 0 unspecified atom stereocenters. The third kappa shape index (κ3) is 4.61. The quantitative estimate of drug-likeness (QED) is 0.597. The summed E-state index contributed by atoms with van der Waals surface area (Å²) in [6.45, 7) is 4.75. The molecule has 62 valence electrons. The molecule has 0 spiro atoms. The van der Waals surface area contributed by atoms with E-state index in [0.717, 1.165) is 0 Å². The van der Waals surface area contributed by atoms with E-state index >= 15 is 0 Å². The number of rotatable bonds is 2. The van der Waals surface area contributed by atoms with Gasteiger partial charge in [-0.1, -0.05) is 13.8 Å². The predicted molar refractivity (Wildman–Crippen MR) is 31.4 cm³/mol. The minimum atomic E-state index is -4.50. The first-order valence-corrected chi connectivity index (χ1v) is 3.07. The van der Waals surface area contributed by atoms with Crippen molar-refractivity contribution in [3.05, 3.63) is 0 Å². The molecule has 0 aromatic rings. The standard InChI is InChI=1S/C6H11F3O/c1-4(2)5(3)10-6(7,8)9/h4-5H,1-3H3/t5-/m0/s1. The summed E-state index contributed by atoms with van der Waals surface area (Å²) in [7, 11) is 0. The normalized spacial score (nSPS) is 15.9. The van der Waals surface area contributed by atoms with Crippen LogP contribution in [0.1, 0.15) is 20.8 Å². The fourth-order valence-electron chi connectivity index (χ4n) is 0.347. The van der Waals surface area contributed by atoms with Gasteiger partial charge in [-0.3, -0.25) is 4.74 Å². The van der Waals surface area contributed by atoms with E-state index in [1.165, 1.54) is 6.92 Å². The molecule has 0 aliphatic heterocycles. The van der Waals surface area contributed by atoms with Gasteiger partial charge in [-0.25, -0.2) is 0 Å². The Kier molecular flexibility index (Phi) is 3.15. The second kappa shape index (κ2) is 3.23. The van der Waals surface area contributed by atoms with Gasteiger partial charge in [-0.05, 0) is 12.8 Å². The van der Waals surface area contributed by atoms with Gasteiger partial charge < -0.3 is 0 Å². The van der Waals surface area contributed by atoms with Gasteiger partial charge in [0.15, 0.2) is 0 Å². The van der Waals surface area contributed by atoms with Gasteiger partial charge in [0, 0.05) is 0 Å². The number of hydrogen-bond donors (Lipinski definition) is 0. The van der Waals surface area contributed by atoms with Crippen LogP contribution in [0.5, 0.6) is 0 Å². The zero-order valence-electron chi connectivity index (χ0n) is 6.20. The lowest BCUT2D eigenvalue weighted by Crippen LogP contribution is -2.25. The second-order valence-electron chi connectivity index (χ2n) is 2.51. The maximum atomic E-state index is 11.4. The lowest BCUT2D eigenvalue weighted by molar-refractivity contribution is -0.344. The molecule has 0 N–H and O–H groups in total. The largest absolute Gasteiger partial charge is 0.522 e. The van der Waals surface area contributed by atoms with Gasteiger partial charge in [0.05, 0.1) is 6.10 Å². The highest BCUT2D eigenvalue weighted by Gasteiger charge is 2.32. The van der Waals surface area contributed by atoms with Gasteiger partial charge in [0.25, 0.3) is 0 Å². The van der Waals surface area contributed by atoms with Crippen LogP contribution in [0.15, 0.2) is 0 Å². The SMILES string of the molecule is CC(C)[C@H](C)OC(F)(F)F. The Bertz CT molecular complexity index is 97.7. The monoisotopic (exact) mass is 156 g/mol. The highest BCUT2D eigenvalue weighted by atomic mass is 19.4. The summed E-state index contributed by atoms with van der Waals surface area (Å²) in [5.74, 6) is -0.110. The lowest BCUT2D eigenvalue weighted by atomic mass is 10.1. The summed E-state index contributed by atoms with van der Waals surface area (Å²) in [5, 5.41) is 0. The first-order chi connectivity index (χ1) is 4.33. The van der Waals surface area contributed by atoms with Crippen molar-refractivity contribution < 1.29 is 17.9 Å². The van der Waals surface area contributed by atoms with E-state index in [0.29, 0.717) is 0 Å². The van der Waals surface area contributed by atoms with Crippen molar-refractivity contribution in [3.8, 4) is 0 Å². The van der Waals surface area contributed by atoms with Gasteiger partial charge in [0.2, 0.25) is 0 Å². The van der Waals surface area contributed by atoms with Crippen LogP contribution in [0.2, 0.25) is 0 Å². The first-order valence-electron chi connectivity index (χ1n) is 3.07. The van der Waals surface area contributed by atoms with Crippen molar-refractivity contribution >= 4 is 0 Å². The van der Waals surface area contributed by atoms with E-state index in [-0.39, 0.29) is 5.92 Å². The summed E-state index contributed by atoms with van der Waals surface area (Å²) >= 11 is 0. The van der Waals surface area contributed by atoms with Crippen molar-refractivity contribution in [2.24, 2.45) is 5.92 Å². The maximum absolute atomic E-state index is 11.4. The van der Waals surface area contributed by atoms with Crippen LogP contribution in [0.3, 0.4) is 0 Å². The number of alkyl halides is 3. The molecule has 0 saturated heterocycles. The zero-order valence-corrected chi connectivity index (χ0v) is 6.20. The topological polar surface area (TPSA) is 9.23 Å². The van der Waals surface area contributed by atoms with E-state index in [1.54, 1.807) is 13.8 Å². The summed E-state index contributed by atoms with van der Waals surface area (Å²) in [4.78, 5) is 0. The zero-order chi connectivity index (χ0) is 8.36. The summed E-state index contributed by atoms with van der Waals surface area (Å²) in [5.41, 5.74) is 0. The van der Waals surface area contributed by atoms with Crippen LogP contribution >= 0.6 is 0 Å². The maximum Gasteiger partial charge on any atom is 0.522 e. The van der Waals surface area contributed by atoms with E-state index in [9.17, 15) is 13.2 Å². The highest BCUT2D eigenvalue weighted by molar-refractivity contribution is 4.54. The number of halogens is 3. The van der Waals surface area contributed by atoms with Crippen molar-refractivity contribution in [3.63, 3.8) is 0 Å². The third-order valence-corrected chi connectivity index (χ3v) is 1.26. The number of hydrogen-bond acceptors (Lipinski definition) is 1. The molecule has 0 rings (SSSR count). The van der Waals surface area contributed by atoms with Gasteiger partial charge >= 0.3 is 6.36 Å². The Morgan fingerprint density at radius 2 is 1.50 bits per heavy atom. The second-order valence-corrected chi connectivity index (χ2v) is 2.51. The summed E-state index contributed by atoms with van der Waals surface area (Å²) in [6.07, 6.45) is -5.26. The smallest absolute Gasteiger partial charge is 0.289 e. The molecule has 0 radical (unpaired) electrons. The molecule has 0 aromatic carbocycles. The molecule has 4 heteroatoms. The molecule has 0 aliphatic carbocycles. The van der Waals surface area contributed by atoms with Crippen LogP contribution in [0, 0.1) is 5.92 Å². The van der Waals surface area contributed by atoms with Gasteiger partial charge in [0.1, 0.15) is 0 Å². The highest BCUT2D eigenvalue weighted by Crippen LogP contribution is 2.21. The molecule has 0 bridgehead atoms. The van der Waals surface area contributed by atoms with Crippen molar-refractivity contribution in [1.29, 1.82) is 0 Å². The fraction of sp³-hybridized carbons (Fsp3) is 1.00. The Hall–Kier alpha value is -0.250. The molecule has 0 aromatic heterocycles. The molecule has 0 aliphatic rings. The van der Waals surface area contributed by atoms with Crippen LogP contribution in [0.25, 0.3) is 0 Å². The molecule has 0 heterocycles. The van der Waals surface area contributed by atoms with Crippen LogP contribution in [0.4, 0.5) is 13.2 Å². The van der Waals surface area contributed by atoms with Crippen LogP contribution < -0.4 is 0 Å². The Morgan fingerprint density at radius 3 is 1.60 bits per heavy atom. The van der Waals surface area contributed by atoms with Crippen molar-refractivity contribution in [1.82, 2.24) is 0 Å². The van der Waals surface area contributed by atoms with Crippen LogP contribution in [-0.2, 0) is 4.74 Å². The van der Waals surface area contributed by atoms with Crippen molar-refractivity contribution in [2.75, 3.05) is 0 Å². The van der Waals surface area contributed by atoms with E-state index < -0.39 is 12.5 Å². The molecule has 0 fully saturated rings. The lowest BCUT2D eigenvalue weighted by Gasteiger charge is -2.17. The molecule has 1 atom stereocenters. The summed E-state index contributed by atoms with van der Waals surface area (Å²) in [6, 6.07) is 0. The predicted octanol–water partition coefficient (Wildman–Crippen LogP) is 2.57.